The zero-order valence-electron chi connectivity index (χ0n) is 11.3. The van der Waals surface area contributed by atoms with Crippen LogP contribution in [0.5, 0.6) is 5.75 Å². The maximum absolute atomic E-state index is 12.1. The summed E-state index contributed by atoms with van der Waals surface area (Å²) >= 11 is 0. The van der Waals surface area contributed by atoms with Crippen molar-refractivity contribution in [1.29, 1.82) is 0 Å². The van der Waals surface area contributed by atoms with Gasteiger partial charge in [-0.1, -0.05) is 36.4 Å². The molecule has 2 rings (SSSR count). The number of rotatable bonds is 5. The van der Waals surface area contributed by atoms with Crippen molar-refractivity contribution in [3.05, 3.63) is 59.7 Å². The summed E-state index contributed by atoms with van der Waals surface area (Å²) in [4.78, 5) is 12.1. The lowest BCUT2D eigenvalue weighted by molar-refractivity contribution is -0.115. The molecule has 0 atom stereocenters. The molecule has 104 valence electrons. The molecule has 1 amide bonds. The van der Waals surface area contributed by atoms with Gasteiger partial charge in [0.05, 0.1) is 20.1 Å². The third-order valence-corrected chi connectivity index (χ3v) is 3.01. The molecule has 4 nitrogen and oxygen atoms in total. The Balaban J connectivity index is 2.09. The van der Waals surface area contributed by atoms with E-state index < -0.39 is 0 Å². The summed E-state index contributed by atoms with van der Waals surface area (Å²) in [5, 5.41) is 12.0. The Morgan fingerprint density at radius 2 is 1.75 bits per heavy atom. The van der Waals surface area contributed by atoms with Crippen molar-refractivity contribution in [2.75, 3.05) is 12.4 Å². The predicted octanol–water partition coefficient (Wildman–Crippen LogP) is 2.37. The van der Waals surface area contributed by atoms with Crippen molar-refractivity contribution in [2.45, 2.75) is 13.0 Å². The van der Waals surface area contributed by atoms with E-state index in [0.717, 1.165) is 5.56 Å². The summed E-state index contributed by atoms with van der Waals surface area (Å²) in [6.45, 7) is -0.106. The van der Waals surface area contributed by atoms with E-state index >= 15 is 0 Å². The number of hydrogen-bond donors (Lipinski definition) is 2. The monoisotopic (exact) mass is 271 g/mol. The number of benzene rings is 2. The average Bonchev–Trinajstić information content (AvgIpc) is 2.48. The number of nitrogens with one attached hydrogen (secondary N) is 1. The highest BCUT2D eigenvalue weighted by Crippen LogP contribution is 2.19. The molecule has 0 heterocycles. The normalized spacial score (nSPS) is 10.1. The Kier molecular flexibility index (Phi) is 4.74. The van der Waals surface area contributed by atoms with E-state index in [1.807, 2.05) is 36.4 Å². The Bertz CT molecular complexity index is 544. The molecular formula is C16H17NO3. The molecule has 2 N–H and O–H groups in total. The minimum Gasteiger partial charge on any atom is -0.496 e. The van der Waals surface area contributed by atoms with Crippen LogP contribution < -0.4 is 10.1 Å². The lowest BCUT2D eigenvalue weighted by Gasteiger charge is -2.11. The lowest BCUT2D eigenvalue weighted by Crippen LogP contribution is -2.16. The number of anilines is 1. The van der Waals surface area contributed by atoms with Crippen LogP contribution in [0.1, 0.15) is 11.1 Å². The molecule has 0 aliphatic rings. The molecule has 0 unspecified atom stereocenters. The Morgan fingerprint density at radius 3 is 2.45 bits per heavy atom. The van der Waals surface area contributed by atoms with Crippen molar-refractivity contribution < 1.29 is 14.6 Å². The molecule has 2 aromatic rings. The van der Waals surface area contributed by atoms with Gasteiger partial charge in [0.15, 0.2) is 0 Å². The summed E-state index contributed by atoms with van der Waals surface area (Å²) in [6.07, 6.45) is 0.226. The molecule has 0 saturated carbocycles. The van der Waals surface area contributed by atoms with Gasteiger partial charge in [0, 0.05) is 16.8 Å². The van der Waals surface area contributed by atoms with Crippen LogP contribution in [0, 0.1) is 0 Å². The maximum atomic E-state index is 12.1. The third kappa shape index (κ3) is 3.36. The Labute approximate surface area is 118 Å². The third-order valence-electron chi connectivity index (χ3n) is 3.01. The molecule has 0 saturated heterocycles. The first-order valence-corrected chi connectivity index (χ1v) is 6.35. The van der Waals surface area contributed by atoms with Gasteiger partial charge in [-0.25, -0.2) is 0 Å². The second kappa shape index (κ2) is 6.73. The summed E-state index contributed by atoms with van der Waals surface area (Å²) in [5.74, 6) is 0.550. The van der Waals surface area contributed by atoms with E-state index in [4.69, 9.17) is 4.74 Å². The van der Waals surface area contributed by atoms with Gasteiger partial charge >= 0.3 is 0 Å². The van der Waals surface area contributed by atoms with Gasteiger partial charge in [-0.05, 0) is 12.1 Å². The first kappa shape index (κ1) is 14.1. The average molecular weight is 271 g/mol. The van der Waals surface area contributed by atoms with Crippen molar-refractivity contribution in [1.82, 2.24) is 0 Å². The summed E-state index contributed by atoms with van der Waals surface area (Å²) in [7, 11) is 1.58. The number of amides is 1. The highest BCUT2D eigenvalue weighted by atomic mass is 16.5. The summed E-state index contributed by atoms with van der Waals surface area (Å²) in [6, 6.07) is 14.6. The van der Waals surface area contributed by atoms with E-state index in [0.29, 0.717) is 17.0 Å². The molecule has 4 heteroatoms. The van der Waals surface area contributed by atoms with E-state index in [1.54, 1.807) is 19.2 Å². The van der Waals surface area contributed by atoms with Gasteiger partial charge in [0.1, 0.15) is 5.75 Å². The first-order chi connectivity index (χ1) is 9.74. The van der Waals surface area contributed by atoms with Crippen LogP contribution >= 0.6 is 0 Å². The van der Waals surface area contributed by atoms with E-state index in [2.05, 4.69) is 5.32 Å². The van der Waals surface area contributed by atoms with Crippen molar-refractivity contribution in [2.24, 2.45) is 0 Å². The van der Waals surface area contributed by atoms with E-state index in [9.17, 15) is 9.90 Å². The van der Waals surface area contributed by atoms with Gasteiger partial charge in [0.2, 0.25) is 5.91 Å². The Morgan fingerprint density at radius 1 is 1.10 bits per heavy atom. The number of aliphatic hydroxyl groups is 1. The number of carbonyl (C=O) groups is 1. The smallest absolute Gasteiger partial charge is 0.228 e. The van der Waals surface area contributed by atoms with E-state index in [1.165, 1.54) is 0 Å². The molecule has 0 bridgehead atoms. The molecule has 0 aliphatic heterocycles. The second-order valence-corrected chi connectivity index (χ2v) is 4.35. The van der Waals surface area contributed by atoms with Gasteiger partial charge in [0.25, 0.3) is 0 Å². The molecule has 2 aromatic carbocycles. The van der Waals surface area contributed by atoms with Crippen molar-refractivity contribution in [3.8, 4) is 5.75 Å². The Hall–Kier alpha value is -2.33. The number of methoxy groups -OCH3 is 1. The predicted molar refractivity (Wildman–Crippen MR) is 77.7 cm³/mol. The standard InChI is InChI=1S/C16H17NO3/c1-20-15-9-5-3-6-12(15)10-16(19)17-14-8-4-2-7-13(14)11-18/h2-9,18H,10-11H2,1H3,(H,17,19). The minimum absolute atomic E-state index is 0.106. The zero-order valence-corrected chi connectivity index (χ0v) is 11.3. The van der Waals surface area contributed by atoms with E-state index in [-0.39, 0.29) is 18.9 Å². The van der Waals surface area contributed by atoms with Crippen molar-refractivity contribution in [3.63, 3.8) is 0 Å². The van der Waals surface area contributed by atoms with Crippen LogP contribution in [-0.4, -0.2) is 18.1 Å². The quantitative estimate of drug-likeness (QED) is 0.877. The highest BCUT2D eigenvalue weighted by molar-refractivity contribution is 5.93. The topological polar surface area (TPSA) is 58.6 Å². The molecule has 0 aliphatic carbocycles. The number of hydrogen-bond acceptors (Lipinski definition) is 3. The molecular weight excluding hydrogens is 254 g/mol. The number of ether oxygens (including phenoxy) is 1. The minimum atomic E-state index is -0.143. The van der Waals surface area contributed by atoms with Crippen LogP contribution in [0.2, 0.25) is 0 Å². The largest absolute Gasteiger partial charge is 0.496 e. The highest BCUT2D eigenvalue weighted by Gasteiger charge is 2.10. The fourth-order valence-electron chi connectivity index (χ4n) is 2.00. The molecule has 0 aromatic heterocycles. The zero-order chi connectivity index (χ0) is 14.4. The molecule has 0 fully saturated rings. The second-order valence-electron chi connectivity index (χ2n) is 4.35. The van der Waals surface area contributed by atoms with Gasteiger partial charge in [-0.2, -0.15) is 0 Å². The lowest BCUT2D eigenvalue weighted by atomic mass is 10.1. The summed E-state index contributed by atoms with van der Waals surface area (Å²) < 4.78 is 5.22. The maximum Gasteiger partial charge on any atom is 0.228 e. The number of aliphatic hydroxyl groups excluding tert-OH is 1. The first-order valence-electron chi connectivity index (χ1n) is 6.35. The molecule has 0 radical (unpaired) electrons. The van der Waals surface area contributed by atoms with Crippen molar-refractivity contribution >= 4 is 11.6 Å². The fraction of sp³-hybridized carbons (Fsp3) is 0.188. The van der Waals surface area contributed by atoms with Crippen LogP contribution in [0.3, 0.4) is 0 Å². The van der Waals surface area contributed by atoms with Gasteiger partial charge in [-0.3, -0.25) is 4.79 Å². The van der Waals surface area contributed by atoms with Crippen LogP contribution in [0.15, 0.2) is 48.5 Å². The number of para-hydroxylation sites is 2. The number of carbonyl (C=O) groups excluding carboxylic acids is 1. The van der Waals surface area contributed by atoms with Crippen LogP contribution in [0.25, 0.3) is 0 Å². The van der Waals surface area contributed by atoms with Crippen LogP contribution in [-0.2, 0) is 17.8 Å². The summed E-state index contributed by atoms with van der Waals surface area (Å²) in [5.41, 5.74) is 2.16. The molecule has 0 spiro atoms. The van der Waals surface area contributed by atoms with Gasteiger partial charge in [-0.15, -0.1) is 0 Å². The SMILES string of the molecule is COc1ccccc1CC(=O)Nc1ccccc1CO. The molecule has 20 heavy (non-hydrogen) atoms. The van der Waals surface area contributed by atoms with Crippen LogP contribution in [0.4, 0.5) is 5.69 Å². The fourth-order valence-corrected chi connectivity index (χ4v) is 2.00. The van der Waals surface area contributed by atoms with Gasteiger partial charge < -0.3 is 15.2 Å².